The summed E-state index contributed by atoms with van der Waals surface area (Å²) in [4.78, 5) is 13.2. The molecular weight excluding hydrogens is 226 g/mol. The molecule has 3 nitrogen and oxygen atoms in total. The van der Waals surface area contributed by atoms with Crippen molar-refractivity contribution in [2.45, 2.75) is 25.8 Å². The Balaban J connectivity index is 2.39. The van der Waals surface area contributed by atoms with Crippen molar-refractivity contribution >= 4 is 11.6 Å². The van der Waals surface area contributed by atoms with Gasteiger partial charge in [-0.1, -0.05) is 12.1 Å². The SMILES string of the molecule is CC1c2cccc(N)c2C(=O)N1CC(C)(F)F. The van der Waals surface area contributed by atoms with Crippen LogP contribution < -0.4 is 5.73 Å². The number of anilines is 1. The van der Waals surface area contributed by atoms with Gasteiger partial charge >= 0.3 is 0 Å². The molecule has 1 amide bonds. The summed E-state index contributed by atoms with van der Waals surface area (Å²) in [6.45, 7) is 1.95. The molecule has 1 heterocycles. The minimum Gasteiger partial charge on any atom is -0.398 e. The Hall–Kier alpha value is -1.65. The molecule has 0 saturated carbocycles. The molecular formula is C12H14F2N2O. The molecule has 5 heteroatoms. The Kier molecular flexibility index (Phi) is 2.56. The van der Waals surface area contributed by atoms with Crippen LogP contribution in [0.5, 0.6) is 0 Å². The topological polar surface area (TPSA) is 46.3 Å². The molecule has 0 aromatic heterocycles. The largest absolute Gasteiger partial charge is 0.398 e. The maximum atomic E-state index is 13.0. The molecule has 1 unspecified atom stereocenters. The number of carbonyl (C=O) groups is 1. The van der Waals surface area contributed by atoms with Crippen molar-refractivity contribution in [3.63, 3.8) is 0 Å². The van der Waals surface area contributed by atoms with Crippen molar-refractivity contribution in [3.8, 4) is 0 Å². The summed E-state index contributed by atoms with van der Waals surface area (Å²) in [5.74, 6) is -3.31. The number of hydrogen-bond acceptors (Lipinski definition) is 2. The van der Waals surface area contributed by atoms with Gasteiger partial charge in [0.2, 0.25) is 0 Å². The summed E-state index contributed by atoms with van der Waals surface area (Å²) in [6.07, 6.45) is 0. The number of hydrogen-bond donors (Lipinski definition) is 1. The van der Waals surface area contributed by atoms with Gasteiger partial charge in [0.25, 0.3) is 11.8 Å². The summed E-state index contributed by atoms with van der Waals surface area (Å²) in [5, 5.41) is 0. The van der Waals surface area contributed by atoms with Crippen LogP contribution in [0, 0.1) is 0 Å². The summed E-state index contributed by atoms with van der Waals surface area (Å²) >= 11 is 0. The van der Waals surface area contributed by atoms with Crippen molar-refractivity contribution < 1.29 is 13.6 Å². The number of halogens is 2. The maximum Gasteiger partial charge on any atom is 0.262 e. The van der Waals surface area contributed by atoms with E-state index in [1.165, 1.54) is 4.90 Å². The number of nitrogens with two attached hydrogens (primary N) is 1. The Labute approximate surface area is 98.2 Å². The third-order valence-electron chi connectivity index (χ3n) is 2.97. The van der Waals surface area contributed by atoms with Gasteiger partial charge in [-0.25, -0.2) is 8.78 Å². The highest BCUT2D eigenvalue weighted by atomic mass is 19.3. The predicted molar refractivity (Wildman–Crippen MR) is 60.9 cm³/mol. The molecule has 1 aromatic rings. The van der Waals surface area contributed by atoms with Crippen LogP contribution in [0.3, 0.4) is 0 Å². The number of amides is 1. The van der Waals surface area contributed by atoms with Gasteiger partial charge in [-0.05, 0) is 18.6 Å². The van der Waals surface area contributed by atoms with E-state index in [9.17, 15) is 13.6 Å². The Bertz CT molecular complexity index is 468. The zero-order valence-corrected chi connectivity index (χ0v) is 9.71. The van der Waals surface area contributed by atoms with E-state index in [0.29, 0.717) is 11.3 Å². The Morgan fingerprint density at radius 1 is 1.47 bits per heavy atom. The van der Waals surface area contributed by atoms with Crippen LogP contribution in [0.25, 0.3) is 0 Å². The molecule has 0 fully saturated rings. The van der Waals surface area contributed by atoms with Crippen molar-refractivity contribution in [1.82, 2.24) is 4.90 Å². The third kappa shape index (κ3) is 1.97. The van der Waals surface area contributed by atoms with Crippen molar-refractivity contribution in [3.05, 3.63) is 29.3 Å². The van der Waals surface area contributed by atoms with E-state index in [4.69, 9.17) is 5.73 Å². The van der Waals surface area contributed by atoms with E-state index < -0.39 is 18.4 Å². The average Bonchev–Trinajstić information content (AvgIpc) is 2.43. The van der Waals surface area contributed by atoms with E-state index in [-0.39, 0.29) is 6.04 Å². The van der Waals surface area contributed by atoms with Crippen LogP contribution >= 0.6 is 0 Å². The minimum absolute atomic E-state index is 0.348. The van der Waals surface area contributed by atoms with Crippen LogP contribution in [0.15, 0.2) is 18.2 Å². The molecule has 2 rings (SSSR count). The van der Waals surface area contributed by atoms with Gasteiger partial charge < -0.3 is 10.6 Å². The molecule has 0 saturated heterocycles. The number of nitrogen functional groups attached to an aromatic ring is 1. The van der Waals surface area contributed by atoms with Crippen molar-refractivity contribution in [2.75, 3.05) is 12.3 Å². The minimum atomic E-state index is -2.90. The highest BCUT2D eigenvalue weighted by Crippen LogP contribution is 2.37. The molecule has 2 N–H and O–H groups in total. The molecule has 1 aromatic carbocycles. The molecule has 0 radical (unpaired) electrons. The first-order valence-electron chi connectivity index (χ1n) is 5.38. The van der Waals surface area contributed by atoms with E-state index in [1.807, 2.05) is 0 Å². The first-order valence-corrected chi connectivity index (χ1v) is 5.38. The highest BCUT2D eigenvalue weighted by molar-refractivity contribution is 6.03. The quantitative estimate of drug-likeness (QED) is 0.807. The average molecular weight is 240 g/mol. The van der Waals surface area contributed by atoms with Crippen LogP contribution in [0.1, 0.15) is 35.8 Å². The van der Waals surface area contributed by atoms with Gasteiger partial charge in [0.15, 0.2) is 0 Å². The molecule has 0 spiro atoms. The number of rotatable bonds is 2. The van der Waals surface area contributed by atoms with Gasteiger partial charge in [-0.2, -0.15) is 0 Å². The number of benzene rings is 1. The lowest BCUT2D eigenvalue weighted by Gasteiger charge is -2.25. The van der Waals surface area contributed by atoms with Crippen LogP contribution in [-0.2, 0) is 0 Å². The fraction of sp³-hybridized carbons (Fsp3) is 0.417. The zero-order valence-electron chi connectivity index (χ0n) is 9.71. The van der Waals surface area contributed by atoms with Crippen molar-refractivity contribution in [1.29, 1.82) is 0 Å². The van der Waals surface area contributed by atoms with Gasteiger partial charge in [-0.3, -0.25) is 4.79 Å². The first-order chi connectivity index (χ1) is 7.81. The summed E-state index contributed by atoms with van der Waals surface area (Å²) < 4.78 is 26.0. The smallest absolute Gasteiger partial charge is 0.262 e. The number of alkyl halides is 2. The summed E-state index contributed by atoms with van der Waals surface area (Å²) in [7, 11) is 0. The standard InChI is InChI=1S/C12H14F2N2O/c1-7-8-4-3-5-9(15)10(8)11(17)16(7)6-12(2,13)14/h3-5,7H,6,15H2,1-2H3. The maximum absolute atomic E-state index is 13.0. The molecule has 17 heavy (non-hydrogen) atoms. The van der Waals surface area contributed by atoms with Gasteiger partial charge in [0.05, 0.1) is 18.2 Å². The second kappa shape index (κ2) is 3.68. The zero-order chi connectivity index (χ0) is 12.8. The fourth-order valence-corrected chi connectivity index (χ4v) is 2.18. The molecule has 0 aliphatic carbocycles. The molecule has 1 atom stereocenters. The molecule has 1 aliphatic rings. The monoisotopic (exact) mass is 240 g/mol. The third-order valence-corrected chi connectivity index (χ3v) is 2.97. The van der Waals surface area contributed by atoms with Gasteiger partial charge in [0, 0.05) is 12.6 Å². The molecule has 1 aliphatic heterocycles. The number of nitrogens with zero attached hydrogens (tertiary/aromatic N) is 1. The van der Waals surface area contributed by atoms with Crippen LogP contribution in [0.2, 0.25) is 0 Å². The lowest BCUT2D eigenvalue weighted by atomic mass is 10.0. The summed E-state index contributed by atoms with van der Waals surface area (Å²) in [6, 6.07) is 4.73. The summed E-state index contributed by atoms with van der Waals surface area (Å²) in [5.41, 5.74) is 7.15. The molecule has 0 bridgehead atoms. The highest BCUT2D eigenvalue weighted by Gasteiger charge is 2.39. The first kappa shape index (κ1) is 11.8. The predicted octanol–water partition coefficient (Wildman–Crippen LogP) is 2.44. The van der Waals surface area contributed by atoms with E-state index in [0.717, 1.165) is 12.5 Å². The Morgan fingerprint density at radius 2 is 2.12 bits per heavy atom. The molecule has 92 valence electrons. The second-order valence-electron chi connectivity index (χ2n) is 4.49. The van der Waals surface area contributed by atoms with Crippen molar-refractivity contribution in [2.24, 2.45) is 0 Å². The second-order valence-corrected chi connectivity index (χ2v) is 4.49. The lowest BCUT2D eigenvalue weighted by molar-refractivity contribution is -0.0163. The normalized spacial score (nSPS) is 19.6. The van der Waals surface area contributed by atoms with E-state index >= 15 is 0 Å². The Morgan fingerprint density at radius 3 is 2.65 bits per heavy atom. The van der Waals surface area contributed by atoms with E-state index in [1.54, 1.807) is 25.1 Å². The number of carbonyl (C=O) groups excluding carboxylic acids is 1. The van der Waals surface area contributed by atoms with Gasteiger partial charge in [-0.15, -0.1) is 0 Å². The number of fused-ring (bicyclic) bond motifs is 1. The van der Waals surface area contributed by atoms with Crippen LogP contribution in [-0.4, -0.2) is 23.3 Å². The van der Waals surface area contributed by atoms with Gasteiger partial charge in [0.1, 0.15) is 0 Å². The lowest BCUT2D eigenvalue weighted by Crippen LogP contribution is -2.36. The van der Waals surface area contributed by atoms with E-state index in [2.05, 4.69) is 0 Å². The fourth-order valence-electron chi connectivity index (χ4n) is 2.18. The van der Waals surface area contributed by atoms with Crippen LogP contribution in [0.4, 0.5) is 14.5 Å².